The summed E-state index contributed by atoms with van der Waals surface area (Å²) in [4.78, 5) is 11.2. The highest BCUT2D eigenvalue weighted by Gasteiger charge is 2.20. The molecule has 0 heterocycles. The normalized spacial score (nSPS) is 15.6. The second-order valence-corrected chi connectivity index (χ2v) is 6.34. The average molecular weight is 221 g/mol. The Balaban J connectivity index is 4.08. The van der Waals surface area contributed by atoms with E-state index in [9.17, 15) is 9.36 Å². The third-order valence-corrected chi connectivity index (χ3v) is 2.76. The van der Waals surface area contributed by atoms with Crippen LogP contribution < -0.4 is 5.09 Å². The molecule has 0 aromatic carbocycles. The molecule has 0 aliphatic rings. The molecule has 0 aliphatic heterocycles. The van der Waals surface area contributed by atoms with Crippen molar-refractivity contribution in [3.8, 4) is 0 Å². The van der Waals surface area contributed by atoms with Gasteiger partial charge in [0, 0.05) is 12.6 Å². The van der Waals surface area contributed by atoms with Gasteiger partial charge in [0.2, 0.25) is 5.91 Å². The van der Waals surface area contributed by atoms with Gasteiger partial charge in [0.05, 0.1) is 6.61 Å². The first kappa shape index (κ1) is 13.7. The maximum Gasteiger partial charge on any atom is 0.292 e. The maximum atomic E-state index is 11.7. The lowest BCUT2D eigenvalue weighted by atomic mass is 10.2. The van der Waals surface area contributed by atoms with Crippen LogP contribution in [-0.4, -0.2) is 19.2 Å². The number of hydrogen-bond acceptors (Lipinski definition) is 3. The molecule has 0 rings (SSSR count). The summed E-state index contributed by atoms with van der Waals surface area (Å²) in [5.74, 6) is -0.107. The lowest BCUT2D eigenvalue weighted by molar-refractivity contribution is -0.122. The Morgan fingerprint density at radius 2 is 1.86 bits per heavy atom. The van der Waals surface area contributed by atoms with Gasteiger partial charge in [-0.3, -0.25) is 14.4 Å². The van der Waals surface area contributed by atoms with Crippen molar-refractivity contribution in [1.82, 2.24) is 5.09 Å². The molecule has 84 valence electrons. The topological polar surface area (TPSA) is 55.4 Å². The summed E-state index contributed by atoms with van der Waals surface area (Å²) in [7, 11) is -2.96. The zero-order valence-corrected chi connectivity index (χ0v) is 10.4. The van der Waals surface area contributed by atoms with E-state index in [4.69, 9.17) is 4.52 Å². The Kier molecular flexibility index (Phi) is 5.38. The Morgan fingerprint density at radius 1 is 1.36 bits per heavy atom. The molecule has 0 aromatic rings. The average Bonchev–Trinajstić information content (AvgIpc) is 2.00. The first-order valence-electron chi connectivity index (χ1n) is 4.79. The van der Waals surface area contributed by atoms with Crippen molar-refractivity contribution in [3.63, 3.8) is 0 Å². The SMILES string of the molecule is CC(C)COP(C)(=O)NC(=O)C(C)C. The third kappa shape index (κ3) is 6.17. The first-order chi connectivity index (χ1) is 6.24. The van der Waals surface area contributed by atoms with Crippen molar-refractivity contribution < 1.29 is 13.9 Å². The van der Waals surface area contributed by atoms with Gasteiger partial charge in [0.15, 0.2) is 0 Å². The number of carbonyl (C=O) groups excluding carboxylic acids is 1. The number of amides is 1. The van der Waals surface area contributed by atoms with Gasteiger partial charge in [-0.25, -0.2) is 0 Å². The van der Waals surface area contributed by atoms with E-state index in [2.05, 4.69) is 5.09 Å². The Bertz CT molecular complexity index is 238. The van der Waals surface area contributed by atoms with Crippen LogP contribution in [0.4, 0.5) is 0 Å². The Labute approximate surface area is 85.9 Å². The van der Waals surface area contributed by atoms with E-state index in [1.165, 1.54) is 6.66 Å². The zero-order chi connectivity index (χ0) is 11.4. The van der Waals surface area contributed by atoms with Crippen LogP contribution in [0.2, 0.25) is 0 Å². The minimum Gasteiger partial charge on any atom is -0.313 e. The lowest BCUT2D eigenvalue weighted by Crippen LogP contribution is -2.26. The van der Waals surface area contributed by atoms with Gasteiger partial charge < -0.3 is 4.52 Å². The molecule has 1 amide bonds. The van der Waals surface area contributed by atoms with Gasteiger partial charge >= 0.3 is 0 Å². The fraction of sp³-hybridized carbons (Fsp3) is 0.889. The van der Waals surface area contributed by atoms with E-state index in [0.29, 0.717) is 12.5 Å². The molecule has 4 nitrogen and oxygen atoms in total. The van der Waals surface area contributed by atoms with Crippen LogP contribution >= 0.6 is 7.52 Å². The second kappa shape index (κ2) is 5.52. The minimum atomic E-state index is -2.96. The van der Waals surface area contributed by atoms with Gasteiger partial charge in [-0.05, 0) is 5.92 Å². The molecule has 5 heteroatoms. The molecule has 0 saturated carbocycles. The van der Waals surface area contributed by atoms with E-state index in [1.54, 1.807) is 13.8 Å². The predicted octanol–water partition coefficient (Wildman–Crippen LogP) is 2.25. The van der Waals surface area contributed by atoms with Crippen molar-refractivity contribution in [2.24, 2.45) is 11.8 Å². The Hall–Kier alpha value is -0.340. The van der Waals surface area contributed by atoms with E-state index < -0.39 is 7.52 Å². The van der Waals surface area contributed by atoms with E-state index in [-0.39, 0.29) is 11.8 Å². The molecule has 1 unspecified atom stereocenters. The summed E-state index contributed by atoms with van der Waals surface area (Å²) in [6, 6.07) is 0. The van der Waals surface area contributed by atoms with Crippen molar-refractivity contribution in [1.29, 1.82) is 0 Å². The molecule has 0 aromatic heterocycles. The number of nitrogens with one attached hydrogen (secondary N) is 1. The number of carbonyl (C=O) groups is 1. The minimum absolute atomic E-state index is 0.175. The van der Waals surface area contributed by atoms with Crippen LogP contribution in [0, 0.1) is 11.8 Å². The summed E-state index contributed by atoms with van der Waals surface area (Å²) < 4.78 is 16.8. The number of rotatable bonds is 5. The van der Waals surface area contributed by atoms with E-state index >= 15 is 0 Å². The third-order valence-electron chi connectivity index (χ3n) is 1.49. The molecular weight excluding hydrogens is 201 g/mol. The maximum absolute atomic E-state index is 11.7. The quantitative estimate of drug-likeness (QED) is 0.724. The summed E-state index contributed by atoms with van der Waals surface area (Å²) in [6.07, 6.45) is 0. The van der Waals surface area contributed by atoms with Crippen LogP contribution in [0.25, 0.3) is 0 Å². The molecule has 14 heavy (non-hydrogen) atoms. The van der Waals surface area contributed by atoms with Gasteiger partial charge in [0.1, 0.15) is 0 Å². The smallest absolute Gasteiger partial charge is 0.292 e. The highest BCUT2D eigenvalue weighted by atomic mass is 31.2. The first-order valence-corrected chi connectivity index (χ1v) is 6.86. The summed E-state index contributed by atoms with van der Waals surface area (Å²) in [5.41, 5.74) is 0. The fourth-order valence-corrected chi connectivity index (χ4v) is 1.96. The molecule has 0 bridgehead atoms. The van der Waals surface area contributed by atoms with Gasteiger partial charge in [-0.1, -0.05) is 27.7 Å². The highest BCUT2D eigenvalue weighted by molar-refractivity contribution is 7.56. The molecule has 0 aliphatic carbocycles. The summed E-state index contributed by atoms with van der Waals surface area (Å²) >= 11 is 0. The number of hydrogen-bond donors (Lipinski definition) is 1. The lowest BCUT2D eigenvalue weighted by Gasteiger charge is -2.17. The van der Waals surface area contributed by atoms with Gasteiger partial charge in [0.25, 0.3) is 7.52 Å². The second-order valence-electron chi connectivity index (χ2n) is 4.17. The summed E-state index contributed by atoms with van der Waals surface area (Å²) in [6.45, 7) is 9.24. The van der Waals surface area contributed by atoms with E-state index in [1.807, 2.05) is 13.8 Å². The zero-order valence-electron chi connectivity index (χ0n) is 9.53. The van der Waals surface area contributed by atoms with Crippen molar-refractivity contribution in [3.05, 3.63) is 0 Å². The standard InChI is InChI=1S/C9H20NO3P/c1-7(2)6-13-14(5,12)10-9(11)8(3)4/h7-8H,6H2,1-5H3,(H,10,11,12). The van der Waals surface area contributed by atoms with Crippen LogP contribution in [0.5, 0.6) is 0 Å². The van der Waals surface area contributed by atoms with Crippen LogP contribution in [-0.2, 0) is 13.9 Å². The van der Waals surface area contributed by atoms with Crippen LogP contribution in [0.1, 0.15) is 27.7 Å². The highest BCUT2D eigenvalue weighted by Crippen LogP contribution is 2.38. The predicted molar refractivity (Wildman–Crippen MR) is 57.3 cm³/mol. The largest absolute Gasteiger partial charge is 0.313 e. The summed E-state index contributed by atoms with van der Waals surface area (Å²) in [5, 5.41) is 2.41. The molecule has 0 fully saturated rings. The van der Waals surface area contributed by atoms with Crippen molar-refractivity contribution >= 4 is 13.4 Å². The molecule has 1 atom stereocenters. The molecule has 0 spiro atoms. The van der Waals surface area contributed by atoms with Gasteiger partial charge in [-0.2, -0.15) is 0 Å². The Morgan fingerprint density at radius 3 is 2.21 bits per heavy atom. The molecule has 0 saturated heterocycles. The van der Waals surface area contributed by atoms with Crippen molar-refractivity contribution in [2.75, 3.05) is 13.3 Å². The van der Waals surface area contributed by atoms with Crippen LogP contribution in [0.3, 0.4) is 0 Å². The van der Waals surface area contributed by atoms with Gasteiger partial charge in [-0.15, -0.1) is 0 Å². The van der Waals surface area contributed by atoms with E-state index in [0.717, 1.165) is 0 Å². The van der Waals surface area contributed by atoms with Crippen LogP contribution in [0.15, 0.2) is 0 Å². The fourth-order valence-electron chi connectivity index (χ4n) is 0.653. The molecule has 1 N–H and O–H groups in total. The van der Waals surface area contributed by atoms with Crippen molar-refractivity contribution in [2.45, 2.75) is 27.7 Å². The monoisotopic (exact) mass is 221 g/mol. The molecular formula is C9H20NO3P. The molecule has 0 radical (unpaired) electrons.